The van der Waals surface area contributed by atoms with E-state index in [0.29, 0.717) is 6.42 Å². The lowest BCUT2D eigenvalue weighted by Gasteiger charge is -2.09. The van der Waals surface area contributed by atoms with Gasteiger partial charge < -0.3 is 5.11 Å². The van der Waals surface area contributed by atoms with Gasteiger partial charge in [0.15, 0.2) is 0 Å². The monoisotopic (exact) mass is 198 g/mol. The van der Waals surface area contributed by atoms with Crippen LogP contribution in [0.25, 0.3) is 0 Å². The van der Waals surface area contributed by atoms with E-state index in [1.165, 1.54) is 5.57 Å². The van der Waals surface area contributed by atoms with E-state index >= 15 is 0 Å². The number of hydrogen-bond donors (Lipinski definition) is 1. The van der Waals surface area contributed by atoms with Crippen LogP contribution >= 0.6 is 0 Å². The van der Waals surface area contributed by atoms with E-state index in [2.05, 4.69) is 6.92 Å². The fourth-order valence-electron chi connectivity index (χ4n) is 1.36. The Morgan fingerprint density at radius 2 is 2.00 bits per heavy atom. The Balaban J connectivity index is 3.90. The van der Waals surface area contributed by atoms with Crippen LogP contribution in [-0.2, 0) is 4.79 Å². The summed E-state index contributed by atoms with van der Waals surface area (Å²) < 4.78 is 0. The number of unbranched alkanes of at least 4 members (excludes halogenated alkanes) is 2. The van der Waals surface area contributed by atoms with Gasteiger partial charge in [0.25, 0.3) is 0 Å². The number of allylic oxidation sites excluding steroid dienone is 2. The molecule has 0 heterocycles. The van der Waals surface area contributed by atoms with Gasteiger partial charge in [-0.3, -0.25) is 4.79 Å². The normalized spacial score (nSPS) is 12.2. The van der Waals surface area contributed by atoms with Crippen LogP contribution in [0.2, 0.25) is 0 Å². The minimum atomic E-state index is -0.654. The summed E-state index contributed by atoms with van der Waals surface area (Å²) >= 11 is 0. The lowest BCUT2D eigenvalue weighted by atomic mass is 9.97. The summed E-state index contributed by atoms with van der Waals surface area (Å²) in [5, 5.41) is 8.96. The second kappa shape index (κ2) is 7.60. The maximum Gasteiger partial charge on any atom is 0.306 e. The van der Waals surface area contributed by atoms with Crippen LogP contribution in [0.3, 0.4) is 0 Å². The molecule has 0 aromatic rings. The minimum absolute atomic E-state index is 0.184. The molecule has 82 valence electrons. The predicted molar refractivity (Wildman–Crippen MR) is 59.3 cm³/mol. The average Bonchev–Trinajstić information content (AvgIpc) is 2.10. The van der Waals surface area contributed by atoms with Crippen LogP contribution in [0.4, 0.5) is 0 Å². The number of carboxylic acids is 1. The van der Waals surface area contributed by atoms with E-state index in [1.54, 1.807) is 0 Å². The van der Waals surface area contributed by atoms with Gasteiger partial charge >= 0.3 is 5.97 Å². The molecule has 14 heavy (non-hydrogen) atoms. The van der Waals surface area contributed by atoms with Gasteiger partial charge in [-0.1, -0.05) is 37.8 Å². The quantitative estimate of drug-likeness (QED) is 0.501. The van der Waals surface area contributed by atoms with E-state index in [4.69, 9.17) is 5.11 Å². The molecule has 0 saturated heterocycles. The molecule has 0 aliphatic heterocycles. The summed E-state index contributed by atoms with van der Waals surface area (Å²) in [5.74, 6) is -0.838. The zero-order chi connectivity index (χ0) is 11.0. The third-order valence-corrected chi connectivity index (χ3v) is 2.32. The fraction of sp³-hybridized carbons (Fsp3) is 0.750. The van der Waals surface area contributed by atoms with Crippen molar-refractivity contribution in [2.45, 2.75) is 52.9 Å². The Bertz CT molecular complexity index is 190. The van der Waals surface area contributed by atoms with E-state index in [9.17, 15) is 4.79 Å². The maximum absolute atomic E-state index is 10.9. The smallest absolute Gasteiger partial charge is 0.306 e. The Morgan fingerprint density at radius 3 is 2.43 bits per heavy atom. The van der Waals surface area contributed by atoms with Crippen molar-refractivity contribution in [3.8, 4) is 0 Å². The van der Waals surface area contributed by atoms with Gasteiger partial charge in [0.05, 0.1) is 5.92 Å². The second-order valence-electron chi connectivity index (χ2n) is 4.05. The van der Waals surface area contributed by atoms with Gasteiger partial charge in [-0.2, -0.15) is 0 Å². The molecular weight excluding hydrogens is 176 g/mol. The van der Waals surface area contributed by atoms with Gasteiger partial charge in [0.1, 0.15) is 0 Å². The van der Waals surface area contributed by atoms with Gasteiger partial charge in [-0.25, -0.2) is 0 Å². The Morgan fingerprint density at radius 1 is 1.36 bits per heavy atom. The second-order valence-corrected chi connectivity index (χ2v) is 4.05. The van der Waals surface area contributed by atoms with Crippen molar-refractivity contribution in [2.75, 3.05) is 0 Å². The average molecular weight is 198 g/mol. The van der Waals surface area contributed by atoms with Crippen molar-refractivity contribution < 1.29 is 9.90 Å². The zero-order valence-electron chi connectivity index (χ0n) is 9.55. The first kappa shape index (κ1) is 13.2. The van der Waals surface area contributed by atoms with Crippen molar-refractivity contribution in [3.05, 3.63) is 11.6 Å². The van der Waals surface area contributed by atoms with Crippen LogP contribution in [-0.4, -0.2) is 11.1 Å². The third-order valence-electron chi connectivity index (χ3n) is 2.32. The molecule has 0 spiro atoms. The van der Waals surface area contributed by atoms with Crippen LogP contribution in [0.5, 0.6) is 0 Å². The highest BCUT2D eigenvalue weighted by molar-refractivity contribution is 5.70. The van der Waals surface area contributed by atoms with Crippen LogP contribution < -0.4 is 0 Å². The molecule has 0 rings (SSSR count). The van der Waals surface area contributed by atoms with E-state index in [1.807, 2.05) is 19.9 Å². The molecule has 0 aliphatic rings. The number of carboxylic acid groups (broad SMARTS) is 1. The van der Waals surface area contributed by atoms with Crippen molar-refractivity contribution in [2.24, 2.45) is 5.92 Å². The maximum atomic E-state index is 10.9. The van der Waals surface area contributed by atoms with Gasteiger partial charge in [-0.15, -0.1) is 0 Å². The van der Waals surface area contributed by atoms with E-state index in [-0.39, 0.29) is 5.92 Å². The van der Waals surface area contributed by atoms with Crippen LogP contribution in [0.15, 0.2) is 11.6 Å². The predicted octanol–water partition coefficient (Wildman–Crippen LogP) is 3.62. The van der Waals surface area contributed by atoms with Crippen LogP contribution in [0.1, 0.15) is 52.9 Å². The van der Waals surface area contributed by atoms with Crippen molar-refractivity contribution in [1.82, 2.24) is 0 Å². The molecule has 0 radical (unpaired) electrons. The first-order valence-electron chi connectivity index (χ1n) is 5.44. The van der Waals surface area contributed by atoms with Crippen LogP contribution in [0, 0.1) is 5.92 Å². The molecule has 2 nitrogen and oxygen atoms in total. The molecule has 0 aromatic heterocycles. The number of hydrogen-bond acceptors (Lipinski definition) is 1. The summed E-state index contributed by atoms with van der Waals surface area (Å²) in [4.78, 5) is 10.9. The number of rotatable bonds is 7. The standard InChI is InChI=1S/C12H22O2/c1-4-5-6-7-11(12(13)14)9-8-10(2)3/h8,11H,4-7,9H2,1-3H3,(H,13,14)/t11-/m1/s1. The first-order chi connectivity index (χ1) is 6.57. The molecule has 0 saturated carbocycles. The molecule has 0 unspecified atom stereocenters. The molecule has 0 aromatic carbocycles. The Kier molecular flexibility index (Phi) is 7.17. The summed E-state index contributed by atoms with van der Waals surface area (Å²) in [6.07, 6.45) is 6.83. The van der Waals surface area contributed by atoms with E-state index < -0.39 is 5.97 Å². The highest BCUT2D eigenvalue weighted by Crippen LogP contribution is 2.15. The summed E-state index contributed by atoms with van der Waals surface area (Å²) in [6.45, 7) is 6.14. The molecule has 0 aliphatic carbocycles. The Labute approximate surface area is 87.0 Å². The molecule has 1 N–H and O–H groups in total. The topological polar surface area (TPSA) is 37.3 Å². The van der Waals surface area contributed by atoms with Gasteiger partial charge in [-0.05, 0) is 26.7 Å². The number of carbonyl (C=O) groups is 1. The molecule has 2 heteroatoms. The van der Waals surface area contributed by atoms with Crippen molar-refractivity contribution in [3.63, 3.8) is 0 Å². The third kappa shape index (κ3) is 6.70. The molecule has 0 fully saturated rings. The van der Waals surface area contributed by atoms with Gasteiger partial charge in [0, 0.05) is 0 Å². The minimum Gasteiger partial charge on any atom is -0.481 e. The van der Waals surface area contributed by atoms with Crippen molar-refractivity contribution >= 4 is 5.97 Å². The number of aliphatic carboxylic acids is 1. The molecule has 1 atom stereocenters. The van der Waals surface area contributed by atoms with Crippen molar-refractivity contribution in [1.29, 1.82) is 0 Å². The first-order valence-corrected chi connectivity index (χ1v) is 5.44. The lowest BCUT2D eigenvalue weighted by Crippen LogP contribution is -2.12. The lowest BCUT2D eigenvalue weighted by molar-refractivity contribution is -0.141. The molecular formula is C12H22O2. The summed E-state index contributed by atoms with van der Waals surface area (Å²) in [6, 6.07) is 0. The highest BCUT2D eigenvalue weighted by atomic mass is 16.4. The summed E-state index contributed by atoms with van der Waals surface area (Å²) in [7, 11) is 0. The summed E-state index contributed by atoms with van der Waals surface area (Å²) in [5.41, 5.74) is 1.20. The van der Waals surface area contributed by atoms with E-state index in [0.717, 1.165) is 25.7 Å². The fourth-order valence-corrected chi connectivity index (χ4v) is 1.36. The van der Waals surface area contributed by atoms with Gasteiger partial charge in [0.2, 0.25) is 0 Å². The Hall–Kier alpha value is -0.790. The molecule has 0 amide bonds. The zero-order valence-corrected chi connectivity index (χ0v) is 9.55. The highest BCUT2D eigenvalue weighted by Gasteiger charge is 2.14. The molecule has 0 bridgehead atoms. The SMILES string of the molecule is CCCCC[C@H](CC=C(C)C)C(=O)O. The largest absolute Gasteiger partial charge is 0.481 e.